The summed E-state index contributed by atoms with van der Waals surface area (Å²) in [6.45, 7) is 2.49. The second-order valence-corrected chi connectivity index (χ2v) is 4.43. The van der Waals surface area contributed by atoms with E-state index in [1.54, 1.807) is 6.92 Å². The number of nitrogens with one attached hydrogen (secondary N) is 1. The molecular formula is C13H19N3O4. The van der Waals surface area contributed by atoms with Crippen LogP contribution in [-0.4, -0.2) is 29.5 Å². The molecule has 0 aliphatic rings. The number of anilines is 1. The van der Waals surface area contributed by atoms with Crippen LogP contribution in [0.15, 0.2) is 12.3 Å². The number of nitro groups is 1. The van der Waals surface area contributed by atoms with Gasteiger partial charge in [0.25, 0.3) is 5.69 Å². The number of carbonyl (C=O) groups is 1. The third kappa shape index (κ3) is 5.21. The molecule has 0 amide bonds. The van der Waals surface area contributed by atoms with E-state index in [2.05, 4.69) is 15.0 Å². The zero-order valence-corrected chi connectivity index (χ0v) is 11.7. The third-order valence-corrected chi connectivity index (χ3v) is 2.85. The van der Waals surface area contributed by atoms with Crippen LogP contribution < -0.4 is 5.32 Å². The van der Waals surface area contributed by atoms with Crippen molar-refractivity contribution in [1.29, 1.82) is 0 Å². The fraction of sp³-hybridized carbons (Fsp3) is 0.538. The Labute approximate surface area is 117 Å². The summed E-state index contributed by atoms with van der Waals surface area (Å²) in [6.07, 6.45) is 4.28. The Kier molecular flexibility index (Phi) is 6.42. The van der Waals surface area contributed by atoms with Gasteiger partial charge < -0.3 is 10.1 Å². The van der Waals surface area contributed by atoms with Crippen LogP contribution in [0.3, 0.4) is 0 Å². The second-order valence-electron chi connectivity index (χ2n) is 4.43. The van der Waals surface area contributed by atoms with E-state index in [0.29, 0.717) is 18.8 Å². The molecule has 0 atom stereocenters. The van der Waals surface area contributed by atoms with E-state index in [4.69, 9.17) is 0 Å². The van der Waals surface area contributed by atoms with Crippen LogP contribution >= 0.6 is 0 Å². The highest BCUT2D eigenvalue weighted by Gasteiger charge is 2.08. The zero-order chi connectivity index (χ0) is 15.0. The van der Waals surface area contributed by atoms with E-state index in [9.17, 15) is 14.9 Å². The Morgan fingerprint density at radius 3 is 2.80 bits per heavy atom. The van der Waals surface area contributed by atoms with Gasteiger partial charge in [-0.25, -0.2) is 4.98 Å². The van der Waals surface area contributed by atoms with Gasteiger partial charge >= 0.3 is 5.97 Å². The highest BCUT2D eigenvalue weighted by Crippen LogP contribution is 2.17. The predicted octanol–water partition coefficient (Wildman–Crippen LogP) is 2.44. The fourth-order valence-corrected chi connectivity index (χ4v) is 1.72. The first-order valence-corrected chi connectivity index (χ1v) is 6.46. The molecule has 0 bridgehead atoms. The Bertz CT molecular complexity index is 477. The molecule has 0 aliphatic carbocycles. The van der Waals surface area contributed by atoms with Crippen molar-refractivity contribution < 1.29 is 14.5 Å². The van der Waals surface area contributed by atoms with Crippen molar-refractivity contribution in [3.8, 4) is 0 Å². The van der Waals surface area contributed by atoms with Gasteiger partial charge in [-0.05, 0) is 25.3 Å². The van der Waals surface area contributed by atoms with Crippen LogP contribution in [0, 0.1) is 17.0 Å². The van der Waals surface area contributed by atoms with Gasteiger partial charge in [0.05, 0.1) is 12.0 Å². The summed E-state index contributed by atoms with van der Waals surface area (Å²) in [5.74, 6) is 0.467. The maximum Gasteiger partial charge on any atom is 0.305 e. The highest BCUT2D eigenvalue weighted by molar-refractivity contribution is 5.68. The van der Waals surface area contributed by atoms with E-state index in [1.807, 2.05) is 0 Å². The van der Waals surface area contributed by atoms with E-state index in [-0.39, 0.29) is 11.7 Å². The van der Waals surface area contributed by atoms with Crippen molar-refractivity contribution in [2.24, 2.45) is 0 Å². The summed E-state index contributed by atoms with van der Waals surface area (Å²) in [5.41, 5.74) is 0.736. The number of esters is 1. The van der Waals surface area contributed by atoms with Gasteiger partial charge in [0.2, 0.25) is 0 Å². The number of unbranched alkanes of at least 4 members (excludes halogenated alkanes) is 2. The molecule has 0 unspecified atom stereocenters. The maximum atomic E-state index is 10.9. The number of rotatable bonds is 8. The molecule has 0 aromatic carbocycles. The number of nitrogens with zero attached hydrogens (tertiary/aromatic N) is 2. The lowest BCUT2D eigenvalue weighted by Gasteiger charge is -2.07. The first kappa shape index (κ1) is 15.9. The normalized spacial score (nSPS) is 10.1. The molecular weight excluding hydrogens is 262 g/mol. The molecule has 110 valence electrons. The SMILES string of the molecule is COC(=O)CCCCCNc1ncc([N+](=O)[O-])cc1C. The molecule has 0 fully saturated rings. The van der Waals surface area contributed by atoms with E-state index in [1.165, 1.54) is 19.4 Å². The first-order chi connectivity index (χ1) is 9.54. The lowest BCUT2D eigenvalue weighted by atomic mass is 10.2. The molecule has 0 spiro atoms. The van der Waals surface area contributed by atoms with Crippen LogP contribution in [-0.2, 0) is 9.53 Å². The van der Waals surface area contributed by atoms with Crippen molar-refractivity contribution in [1.82, 2.24) is 4.98 Å². The molecule has 1 heterocycles. The van der Waals surface area contributed by atoms with Crippen molar-refractivity contribution in [2.75, 3.05) is 19.0 Å². The molecule has 20 heavy (non-hydrogen) atoms. The highest BCUT2D eigenvalue weighted by atomic mass is 16.6. The minimum atomic E-state index is -0.462. The summed E-state index contributed by atoms with van der Waals surface area (Å²) in [6, 6.07) is 1.49. The number of carbonyl (C=O) groups excluding carboxylic acids is 1. The van der Waals surface area contributed by atoms with Gasteiger partial charge in [-0.15, -0.1) is 0 Å². The number of pyridine rings is 1. The molecule has 0 saturated carbocycles. The quantitative estimate of drug-likeness (QED) is 0.340. The third-order valence-electron chi connectivity index (χ3n) is 2.85. The van der Waals surface area contributed by atoms with Gasteiger partial charge in [-0.1, -0.05) is 6.42 Å². The van der Waals surface area contributed by atoms with Crippen molar-refractivity contribution in [2.45, 2.75) is 32.6 Å². The number of hydrogen-bond acceptors (Lipinski definition) is 6. The standard InChI is InChI=1S/C13H19N3O4/c1-10-8-11(16(18)19)9-15-13(10)14-7-5-3-4-6-12(17)20-2/h8-9H,3-7H2,1-2H3,(H,14,15). The molecule has 0 radical (unpaired) electrons. The summed E-state index contributed by atoms with van der Waals surface area (Å²) >= 11 is 0. The first-order valence-electron chi connectivity index (χ1n) is 6.46. The monoisotopic (exact) mass is 281 g/mol. The fourth-order valence-electron chi connectivity index (χ4n) is 1.72. The Morgan fingerprint density at radius 2 is 2.20 bits per heavy atom. The van der Waals surface area contributed by atoms with Crippen molar-refractivity contribution >= 4 is 17.5 Å². The molecule has 0 aliphatic heterocycles. The van der Waals surface area contributed by atoms with E-state index in [0.717, 1.165) is 24.8 Å². The largest absolute Gasteiger partial charge is 0.469 e. The Hall–Kier alpha value is -2.18. The Morgan fingerprint density at radius 1 is 1.45 bits per heavy atom. The molecule has 1 rings (SSSR count). The van der Waals surface area contributed by atoms with Crippen LogP contribution in [0.1, 0.15) is 31.2 Å². The second kappa shape index (κ2) is 8.08. The average Bonchev–Trinajstić information content (AvgIpc) is 2.43. The van der Waals surface area contributed by atoms with Crippen LogP contribution in [0.25, 0.3) is 0 Å². The number of aromatic nitrogens is 1. The van der Waals surface area contributed by atoms with Crippen LogP contribution in [0.5, 0.6) is 0 Å². The van der Waals surface area contributed by atoms with Gasteiger partial charge in [0.15, 0.2) is 0 Å². The van der Waals surface area contributed by atoms with E-state index < -0.39 is 4.92 Å². The maximum absolute atomic E-state index is 10.9. The summed E-state index contributed by atoms with van der Waals surface area (Å²) < 4.78 is 4.55. The predicted molar refractivity (Wildman–Crippen MR) is 74.6 cm³/mol. The smallest absolute Gasteiger partial charge is 0.305 e. The van der Waals surface area contributed by atoms with Crippen molar-refractivity contribution in [3.63, 3.8) is 0 Å². The minimum Gasteiger partial charge on any atom is -0.469 e. The molecule has 1 aromatic heterocycles. The zero-order valence-electron chi connectivity index (χ0n) is 11.7. The van der Waals surface area contributed by atoms with Crippen LogP contribution in [0.2, 0.25) is 0 Å². The summed E-state index contributed by atoms with van der Waals surface area (Å²) in [4.78, 5) is 25.0. The molecule has 7 heteroatoms. The summed E-state index contributed by atoms with van der Waals surface area (Å²) in [5, 5.41) is 13.7. The molecule has 0 saturated heterocycles. The Balaban J connectivity index is 2.29. The number of aryl methyl sites for hydroxylation is 1. The number of methoxy groups -OCH3 is 1. The van der Waals surface area contributed by atoms with E-state index >= 15 is 0 Å². The van der Waals surface area contributed by atoms with Crippen molar-refractivity contribution in [3.05, 3.63) is 27.9 Å². The molecule has 1 N–H and O–H groups in total. The molecule has 1 aromatic rings. The number of hydrogen-bond donors (Lipinski definition) is 1. The van der Waals surface area contributed by atoms with Crippen LogP contribution in [0.4, 0.5) is 11.5 Å². The van der Waals surface area contributed by atoms with Gasteiger partial charge in [-0.2, -0.15) is 0 Å². The van der Waals surface area contributed by atoms with Gasteiger partial charge in [0, 0.05) is 19.0 Å². The summed E-state index contributed by atoms with van der Waals surface area (Å²) in [7, 11) is 1.38. The lowest BCUT2D eigenvalue weighted by molar-refractivity contribution is -0.385. The minimum absolute atomic E-state index is 0.00821. The number of ether oxygens (including phenoxy) is 1. The van der Waals surface area contributed by atoms with Gasteiger partial charge in [0.1, 0.15) is 12.0 Å². The lowest BCUT2D eigenvalue weighted by Crippen LogP contribution is -2.06. The van der Waals surface area contributed by atoms with Gasteiger partial charge in [-0.3, -0.25) is 14.9 Å². The topological polar surface area (TPSA) is 94.4 Å². The molecule has 7 nitrogen and oxygen atoms in total. The average molecular weight is 281 g/mol.